The van der Waals surface area contributed by atoms with Crippen LogP contribution in [0.15, 0.2) is 18.2 Å². The van der Waals surface area contributed by atoms with Gasteiger partial charge >= 0.3 is 0 Å². The first-order valence-corrected chi connectivity index (χ1v) is 6.01. The number of nitrogens with zero attached hydrogens (tertiary/aromatic N) is 1. The maximum atomic E-state index is 13.1. The summed E-state index contributed by atoms with van der Waals surface area (Å²) in [6, 6.07) is 4.52. The lowest BCUT2D eigenvalue weighted by molar-refractivity contribution is 0.252. The second-order valence-electron chi connectivity index (χ2n) is 4.89. The molecule has 1 aromatic rings. The second kappa shape index (κ2) is 5.02. The third-order valence-electron chi connectivity index (χ3n) is 3.54. The van der Waals surface area contributed by atoms with Crippen molar-refractivity contribution in [3.8, 4) is 5.75 Å². The third kappa shape index (κ3) is 2.76. The predicted octanol–water partition coefficient (Wildman–Crippen LogP) is 1.70. The molecule has 0 aromatic heterocycles. The van der Waals surface area contributed by atoms with E-state index in [2.05, 4.69) is 11.8 Å². The van der Waals surface area contributed by atoms with E-state index in [-0.39, 0.29) is 11.6 Å². The van der Waals surface area contributed by atoms with Crippen molar-refractivity contribution in [2.45, 2.75) is 25.9 Å². The summed E-state index contributed by atoms with van der Waals surface area (Å²) >= 11 is 0. The first-order valence-electron chi connectivity index (χ1n) is 6.01. The third-order valence-corrected chi connectivity index (χ3v) is 3.54. The fraction of sp³-hybridized carbons (Fsp3) is 0.538. The Labute approximate surface area is 101 Å². The fourth-order valence-electron chi connectivity index (χ4n) is 2.51. The number of phenols is 1. The number of hydrogen-bond acceptors (Lipinski definition) is 3. The first kappa shape index (κ1) is 12.3. The van der Waals surface area contributed by atoms with Crippen molar-refractivity contribution in [2.24, 2.45) is 11.7 Å². The molecule has 3 N–H and O–H groups in total. The Kier molecular flexibility index (Phi) is 3.64. The first-order chi connectivity index (χ1) is 8.10. The van der Waals surface area contributed by atoms with Gasteiger partial charge in [-0.05, 0) is 44.0 Å². The average molecular weight is 238 g/mol. The molecule has 1 heterocycles. The molecule has 0 amide bonds. The summed E-state index contributed by atoms with van der Waals surface area (Å²) in [5, 5.41) is 9.69. The molecule has 2 rings (SSSR count). The van der Waals surface area contributed by atoms with E-state index >= 15 is 0 Å². The van der Waals surface area contributed by atoms with Gasteiger partial charge in [-0.25, -0.2) is 4.39 Å². The highest BCUT2D eigenvalue weighted by Crippen LogP contribution is 2.27. The van der Waals surface area contributed by atoms with Gasteiger partial charge in [-0.15, -0.1) is 0 Å². The standard InChI is InChI=1S/C13H19FN2O/c1-9-4-10(6-15)7-16(9)8-11-5-12(14)2-3-13(11)17/h2-3,5,9-10,17H,4,6-8,15H2,1H3. The zero-order valence-corrected chi connectivity index (χ0v) is 10.1. The minimum absolute atomic E-state index is 0.162. The Balaban J connectivity index is 2.08. The van der Waals surface area contributed by atoms with Gasteiger partial charge in [-0.3, -0.25) is 4.90 Å². The lowest BCUT2D eigenvalue weighted by atomic mass is 10.1. The van der Waals surface area contributed by atoms with Crippen molar-refractivity contribution in [2.75, 3.05) is 13.1 Å². The summed E-state index contributed by atoms with van der Waals surface area (Å²) in [4.78, 5) is 2.24. The molecule has 1 fully saturated rings. The fourth-order valence-corrected chi connectivity index (χ4v) is 2.51. The summed E-state index contributed by atoms with van der Waals surface area (Å²) in [6.07, 6.45) is 1.08. The maximum Gasteiger partial charge on any atom is 0.123 e. The zero-order valence-electron chi connectivity index (χ0n) is 10.1. The summed E-state index contributed by atoms with van der Waals surface area (Å²) in [6.45, 7) is 4.34. The van der Waals surface area contributed by atoms with E-state index in [1.54, 1.807) is 0 Å². The predicted molar refractivity (Wildman–Crippen MR) is 65.1 cm³/mol. The number of aromatic hydroxyl groups is 1. The smallest absolute Gasteiger partial charge is 0.123 e. The molecule has 0 bridgehead atoms. The molecular weight excluding hydrogens is 219 g/mol. The largest absolute Gasteiger partial charge is 0.508 e. The summed E-state index contributed by atoms with van der Waals surface area (Å²) < 4.78 is 13.1. The van der Waals surface area contributed by atoms with E-state index in [0.29, 0.717) is 30.6 Å². The van der Waals surface area contributed by atoms with Crippen molar-refractivity contribution in [3.05, 3.63) is 29.6 Å². The molecular formula is C13H19FN2O. The van der Waals surface area contributed by atoms with Crippen molar-refractivity contribution >= 4 is 0 Å². The lowest BCUT2D eigenvalue weighted by Crippen LogP contribution is -2.27. The molecule has 2 atom stereocenters. The van der Waals surface area contributed by atoms with Gasteiger partial charge in [0.2, 0.25) is 0 Å². The Hall–Kier alpha value is -1.13. The number of likely N-dealkylation sites (tertiary alicyclic amines) is 1. The van der Waals surface area contributed by atoms with Crippen LogP contribution < -0.4 is 5.73 Å². The van der Waals surface area contributed by atoms with Crippen LogP contribution in [0.3, 0.4) is 0 Å². The van der Waals surface area contributed by atoms with E-state index in [4.69, 9.17) is 5.73 Å². The molecule has 0 radical (unpaired) electrons. The summed E-state index contributed by atoms with van der Waals surface area (Å²) in [5.74, 6) is 0.371. The number of phenolic OH excluding ortho intramolecular Hbond substituents is 1. The number of hydrogen-bond donors (Lipinski definition) is 2. The second-order valence-corrected chi connectivity index (χ2v) is 4.89. The van der Waals surface area contributed by atoms with Gasteiger partial charge in [0.1, 0.15) is 11.6 Å². The van der Waals surface area contributed by atoms with Crippen molar-refractivity contribution in [3.63, 3.8) is 0 Å². The quantitative estimate of drug-likeness (QED) is 0.842. The van der Waals surface area contributed by atoms with Gasteiger partial charge in [0, 0.05) is 24.7 Å². The summed E-state index contributed by atoms with van der Waals surface area (Å²) in [7, 11) is 0. The molecule has 0 aliphatic carbocycles. The number of halogens is 1. The molecule has 1 aliphatic heterocycles. The number of nitrogens with two attached hydrogens (primary N) is 1. The number of benzene rings is 1. The van der Waals surface area contributed by atoms with E-state index < -0.39 is 0 Å². The van der Waals surface area contributed by atoms with Gasteiger partial charge in [0.05, 0.1) is 0 Å². The van der Waals surface area contributed by atoms with Crippen molar-refractivity contribution in [1.29, 1.82) is 0 Å². The number of rotatable bonds is 3. The van der Waals surface area contributed by atoms with E-state index in [0.717, 1.165) is 13.0 Å². The highest BCUT2D eigenvalue weighted by atomic mass is 19.1. The van der Waals surface area contributed by atoms with E-state index in [9.17, 15) is 9.50 Å². The van der Waals surface area contributed by atoms with Crippen LogP contribution in [0.2, 0.25) is 0 Å². The maximum absolute atomic E-state index is 13.1. The Bertz CT molecular complexity index is 397. The van der Waals surface area contributed by atoms with Crippen LogP contribution in [0.5, 0.6) is 5.75 Å². The van der Waals surface area contributed by atoms with Gasteiger partial charge < -0.3 is 10.8 Å². The Morgan fingerprint density at radius 3 is 2.94 bits per heavy atom. The highest BCUT2D eigenvalue weighted by molar-refractivity contribution is 5.32. The van der Waals surface area contributed by atoms with Crippen molar-refractivity contribution in [1.82, 2.24) is 4.90 Å². The van der Waals surface area contributed by atoms with Crippen LogP contribution in [0.4, 0.5) is 4.39 Å². The molecule has 2 unspecified atom stereocenters. The van der Waals surface area contributed by atoms with E-state index in [1.165, 1.54) is 18.2 Å². The van der Waals surface area contributed by atoms with Crippen LogP contribution in [-0.4, -0.2) is 29.1 Å². The SMILES string of the molecule is CC1CC(CN)CN1Cc1cc(F)ccc1O. The molecule has 1 aliphatic rings. The lowest BCUT2D eigenvalue weighted by Gasteiger charge is -2.21. The zero-order chi connectivity index (χ0) is 12.4. The van der Waals surface area contributed by atoms with E-state index in [1.807, 2.05) is 0 Å². The molecule has 1 saturated heterocycles. The van der Waals surface area contributed by atoms with Crippen LogP contribution in [-0.2, 0) is 6.54 Å². The molecule has 0 spiro atoms. The Morgan fingerprint density at radius 2 is 2.29 bits per heavy atom. The molecule has 4 heteroatoms. The molecule has 0 saturated carbocycles. The molecule has 17 heavy (non-hydrogen) atoms. The monoisotopic (exact) mass is 238 g/mol. The van der Waals surface area contributed by atoms with Gasteiger partial charge in [-0.1, -0.05) is 0 Å². The highest BCUT2D eigenvalue weighted by Gasteiger charge is 2.28. The van der Waals surface area contributed by atoms with Crippen LogP contribution in [0.1, 0.15) is 18.9 Å². The van der Waals surface area contributed by atoms with Gasteiger partial charge in [0.25, 0.3) is 0 Å². The topological polar surface area (TPSA) is 49.5 Å². The summed E-state index contributed by atoms with van der Waals surface area (Å²) in [5.41, 5.74) is 6.32. The Morgan fingerprint density at radius 1 is 1.53 bits per heavy atom. The van der Waals surface area contributed by atoms with Crippen LogP contribution in [0.25, 0.3) is 0 Å². The van der Waals surface area contributed by atoms with Crippen molar-refractivity contribution < 1.29 is 9.50 Å². The average Bonchev–Trinajstić information content (AvgIpc) is 2.65. The van der Waals surface area contributed by atoms with Gasteiger partial charge in [-0.2, -0.15) is 0 Å². The van der Waals surface area contributed by atoms with Crippen LogP contribution in [0, 0.1) is 11.7 Å². The minimum atomic E-state index is -0.306. The van der Waals surface area contributed by atoms with Crippen LogP contribution >= 0.6 is 0 Å². The molecule has 3 nitrogen and oxygen atoms in total. The minimum Gasteiger partial charge on any atom is -0.508 e. The molecule has 1 aromatic carbocycles. The normalized spacial score (nSPS) is 25.4. The van der Waals surface area contributed by atoms with Gasteiger partial charge in [0.15, 0.2) is 0 Å². The molecule has 94 valence electrons.